The number of aliphatic carboxylic acids is 1. The third-order valence-electron chi connectivity index (χ3n) is 8.27. The monoisotopic (exact) mass is 595 g/mol. The Bertz CT molecular complexity index is 1140. The summed E-state index contributed by atoms with van der Waals surface area (Å²) in [6, 6.07) is 5.88. The molecule has 3 heterocycles. The van der Waals surface area contributed by atoms with Gasteiger partial charge in [0.1, 0.15) is 5.82 Å². The molecule has 7 nitrogen and oxygen atoms in total. The molecule has 5 rings (SSSR count). The number of carboxylic acid groups (broad SMARTS) is 1. The van der Waals surface area contributed by atoms with Crippen molar-refractivity contribution in [1.29, 1.82) is 0 Å². The van der Waals surface area contributed by atoms with Gasteiger partial charge in [-0.2, -0.15) is 4.98 Å². The standard InChI is InChI=1S/C26H32BrCl2N5O2/c1-15(20-6-5-18(28)8-22(20)29)31-23-21(27)11-30-25(32-23)34-13-17(14-34)16-4-3-7-33(12-16)19-9-26(2,10-19)24(35)36/h5-6,8,11,15-17,19H,3-4,7,9-10,12-14H2,1-2H3,(H,35,36)(H,30,31,32)/t15-,16+,19?,26?/m1/s1. The van der Waals surface area contributed by atoms with Gasteiger partial charge in [0.25, 0.3) is 0 Å². The zero-order valence-corrected chi connectivity index (χ0v) is 23.7. The number of rotatable bonds is 7. The van der Waals surface area contributed by atoms with E-state index in [4.69, 9.17) is 28.2 Å². The van der Waals surface area contributed by atoms with Crippen molar-refractivity contribution in [3.63, 3.8) is 0 Å². The number of benzene rings is 1. The van der Waals surface area contributed by atoms with Gasteiger partial charge in [0.15, 0.2) is 0 Å². The second-order valence-corrected chi connectivity index (χ2v) is 12.6. The molecule has 3 aliphatic rings. The van der Waals surface area contributed by atoms with Crippen molar-refractivity contribution in [3.8, 4) is 0 Å². The molecule has 2 aromatic rings. The molecule has 0 amide bonds. The molecule has 10 heteroatoms. The second-order valence-electron chi connectivity index (χ2n) is 10.9. The van der Waals surface area contributed by atoms with Gasteiger partial charge in [0.05, 0.1) is 15.9 Å². The Morgan fingerprint density at radius 3 is 2.69 bits per heavy atom. The number of hydrogen-bond donors (Lipinski definition) is 2. The van der Waals surface area contributed by atoms with Crippen LogP contribution in [0.15, 0.2) is 28.9 Å². The number of hydrogen-bond acceptors (Lipinski definition) is 6. The van der Waals surface area contributed by atoms with Crippen LogP contribution in [0.3, 0.4) is 0 Å². The van der Waals surface area contributed by atoms with Gasteiger partial charge in [-0.25, -0.2) is 4.98 Å². The molecule has 0 unspecified atom stereocenters. The van der Waals surface area contributed by atoms with Crippen LogP contribution in [0.4, 0.5) is 11.8 Å². The Kier molecular flexibility index (Phi) is 7.42. The van der Waals surface area contributed by atoms with Crippen molar-refractivity contribution in [2.24, 2.45) is 17.3 Å². The number of likely N-dealkylation sites (tertiary alicyclic amines) is 1. The fourth-order valence-corrected chi connectivity index (χ4v) is 6.77. The van der Waals surface area contributed by atoms with E-state index < -0.39 is 11.4 Å². The molecular formula is C26H32BrCl2N5O2. The van der Waals surface area contributed by atoms with Gasteiger partial charge < -0.3 is 20.2 Å². The van der Waals surface area contributed by atoms with Crippen LogP contribution in [0.1, 0.15) is 51.1 Å². The minimum absolute atomic E-state index is 0.0549. The van der Waals surface area contributed by atoms with Crippen LogP contribution in [0.5, 0.6) is 0 Å². The van der Waals surface area contributed by atoms with E-state index in [-0.39, 0.29) is 6.04 Å². The van der Waals surface area contributed by atoms with Crippen LogP contribution in [-0.4, -0.2) is 58.2 Å². The fourth-order valence-electron chi connectivity index (χ4n) is 5.89. The first-order valence-corrected chi connectivity index (χ1v) is 14.1. The van der Waals surface area contributed by atoms with Crippen LogP contribution in [0.2, 0.25) is 10.0 Å². The highest BCUT2D eigenvalue weighted by Crippen LogP contribution is 2.45. The Morgan fingerprint density at radius 2 is 2.00 bits per heavy atom. The molecule has 194 valence electrons. The van der Waals surface area contributed by atoms with Gasteiger partial charge >= 0.3 is 5.97 Å². The molecule has 1 saturated carbocycles. The average Bonchev–Trinajstić information content (AvgIpc) is 2.78. The summed E-state index contributed by atoms with van der Waals surface area (Å²) in [6.07, 6.45) is 5.77. The summed E-state index contributed by atoms with van der Waals surface area (Å²) in [6.45, 7) is 7.99. The SMILES string of the molecule is C[C@@H](Nc1nc(N2CC([C@H]3CCCN(C4CC(C)(C(=O)O)C4)C3)C2)ncc1Br)c1ccc(Cl)cc1Cl. The molecule has 1 aromatic carbocycles. The highest BCUT2D eigenvalue weighted by molar-refractivity contribution is 9.10. The molecule has 2 aliphatic heterocycles. The van der Waals surface area contributed by atoms with Crippen LogP contribution in [0, 0.1) is 17.3 Å². The van der Waals surface area contributed by atoms with Crippen LogP contribution in [-0.2, 0) is 4.79 Å². The third kappa shape index (κ3) is 5.19. The first kappa shape index (κ1) is 26.0. The van der Waals surface area contributed by atoms with Gasteiger partial charge in [-0.15, -0.1) is 0 Å². The van der Waals surface area contributed by atoms with Gasteiger partial charge in [0.2, 0.25) is 5.95 Å². The van der Waals surface area contributed by atoms with E-state index in [0.717, 1.165) is 60.8 Å². The molecule has 1 aliphatic carbocycles. The summed E-state index contributed by atoms with van der Waals surface area (Å²) >= 11 is 16.0. The molecule has 1 aromatic heterocycles. The minimum Gasteiger partial charge on any atom is -0.481 e. The summed E-state index contributed by atoms with van der Waals surface area (Å²) in [4.78, 5) is 25.6. The Morgan fingerprint density at radius 1 is 1.25 bits per heavy atom. The largest absolute Gasteiger partial charge is 0.481 e. The van der Waals surface area contributed by atoms with Crippen molar-refractivity contribution in [2.75, 3.05) is 36.4 Å². The summed E-state index contributed by atoms with van der Waals surface area (Å²) in [5.74, 6) is 2.07. The maximum absolute atomic E-state index is 11.5. The van der Waals surface area contributed by atoms with E-state index >= 15 is 0 Å². The number of piperidine rings is 1. The summed E-state index contributed by atoms with van der Waals surface area (Å²) in [7, 11) is 0. The predicted molar refractivity (Wildman–Crippen MR) is 147 cm³/mol. The molecule has 0 bridgehead atoms. The number of nitrogens with zero attached hydrogens (tertiary/aromatic N) is 4. The number of carboxylic acids is 1. The van der Waals surface area contributed by atoms with E-state index in [1.807, 2.05) is 26.0 Å². The van der Waals surface area contributed by atoms with Crippen LogP contribution >= 0.6 is 39.1 Å². The van der Waals surface area contributed by atoms with E-state index in [0.29, 0.717) is 27.9 Å². The summed E-state index contributed by atoms with van der Waals surface area (Å²) in [5.41, 5.74) is 0.417. The highest BCUT2D eigenvalue weighted by atomic mass is 79.9. The predicted octanol–water partition coefficient (Wildman–Crippen LogP) is 6.12. The molecule has 2 saturated heterocycles. The normalized spacial score (nSPS) is 27.8. The van der Waals surface area contributed by atoms with Crippen molar-refractivity contribution in [2.45, 2.75) is 51.6 Å². The molecule has 0 spiro atoms. The van der Waals surface area contributed by atoms with Gasteiger partial charge in [-0.3, -0.25) is 4.79 Å². The molecule has 2 atom stereocenters. The molecular weight excluding hydrogens is 565 g/mol. The number of halogens is 3. The lowest BCUT2D eigenvalue weighted by atomic mass is 9.65. The lowest BCUT2D eigenvalue weighted by Crippen LogP contribution is -2.58. The third-order valence-corrected chi connectivity index (χ3v) is 9.41. The Balaban J connectivity index is 1.17. The van der Waals surface area contributed by atoms with Gasteiger partial charge in [-0.1, -0.05) is 29.3 Å². The Hall–Kier alpha value is -1.61. The quantitative estimate of drug-likeness (QED) is 0.398. The molecule has 36 heavy (non-hydrogen) atoms. The fraction of sp³-hybridized carbons (Fsp3) is 0.577. The zero-order valence-electron chi connectivity index (χ0n) is 20.6. The number of nitrogens with one attached hydrogen (secondary N) is 1. The number of carbonyl (C=O) groups is 1. The van der Waals surface area contributed by atoms with E-state index in [2.05, 4.69) is 36.0 Å². The topological polar surface area (TPSA) is 81.6 Å². The molecule has 2 N–H and O–H groups in total. The first-order valence-electron chi connectivity index (χ1n) is 12.6. The summed E-state index contributed by atoms with van der Waals surface area (Å²) in [5, 5.41) is 14.1. The summed E-state index contributed by atoms with van der Waals surface area (Å²) < 4.78 is 0.803. The van der Waals surface area contributed by atoms with Gasteiger partial charge in [-0.05, 0) is 91.5 Å². The first-order chi connectivity index (χ1) is 17.1. The van der Waals surface area contributed by atoms with E-state index in [9.17, 15) is 9.90 Å². The van der Waals surface area contributed by atoms with Crippen molar-refractivity contribution in [1.82, 2.24) is 14.9 Å². The maximum atomic E-state index is 11.5. The number of anilines is 2. The van der Waals surface area contributed by atoms with Crippen molar-refractivity contribution < 1.29 is 9.90 Å². The van der Waals surface area contributed by atoms with Crippen LogP contribution in [0.25, 0.3) is 0 Å². The minimum atomic E-state index is -0.657. The number of aromatic nitrogens is 2. The van der Waals surface area contributed by atoms with Gasteiger partial charge in [0, 0.05) is 41.9 Å². The van der Waals surface area contributed by atoms with E-state index in [1.54, 1.807) is 12.3 Å². The van der Waals surface area contributed by atoms with Crippen LogP contribution < -0.4 is 10.2 Å². The molecule has 0 radical (unpaired) electrons. The smallest absolute Gasteiger partial charge is 0.309 e. The lowest BCUT2D eigenvalue weighted by molar-refractivity contribution is -0.158. The van der Waals surface area contributed by atoms with Crippen molar-refractivity contribution in [3.05, 3.63) is 44.5 Å². The second kappa shape index (κ2) is 10.3. The maximum Gasteiger partial charge on any atom is 0.309 e. The Labute approximate surface area is 230 Å². The van der Waals surface area contributed by atoms with Crippen molar-refractivity contribution >= 4 is 56.9 Å². The average molecular weight is 597 g/mol. The lowest BCUT2D eigenvalue weighted by Gasteiger charge is -2.52. The molecule has 3 fully saturated rings. The van der Waals surface area contributed by atoms with E-state index in [1.165, 1.54) is 12.8 Å². The highest BCUT2D eigenvalue weighted by Gasteiger charge is 2.49. The zero-order chi connectivity index (χ0) is 25.6.